The van der Waals surface area contributed by atoms with Crippen molar-refractivity contribution in [3.05, 3.63) is 30.1 Å². The molecule has 0 unspecified atom stereocenters. The molecule has 0 fully saturated rings. The molecule has 0 saturated carbocycles. The number of ether oxygens (including phenoxy) is 1. The summed E-state index contributed by atoms with van der Waals surface area (Å²) >= 11 is 0. The SMILES string of the molecule is CCOCCCn1c(CC)nc2ccccc21. The van der Waals surface area contributed by atoms with Gasteiger partial charge in [-0.3, -0.25) is 0 Å². The number of hydrogen-bond donors (Lipinski definition) is 0. The maximum Gasteiger partial charge on any atom is 0.109 e. The van der Waals surface area contributed by atoms with Crippen molar-refractivity contribution < 1.29 is 4.74 Å². The number of aryl methyl sites for hydroxylation is 2. The standard InChI is InChI=1S/C14H20N2O/c1-3-14-15-12-8-5-6-9-13(12)16(14)10-7-11-17-4-2/h5-6,8-9H,3-4,7,10-11H2,1-2H3. The van der Waals surface area contributed by atoms with Crippen molar-refractivity contribution in [2.45, 2.75) is 33.2 Å². The first-order valence-corrected chi connectivity index (χ1v) is 6.38. The zero-order chi connectivity index (χ0) is 12.1. The maximum absolute atomic E-state index is 5.38. The van der Waals surface area contributed by atoms with Crippen molar-refractivity contribution >= 4 is 11.0 Å². The number of imidazole rings is 1. The zero-order valence-electron chi connectivity index (χ0n) is 10.6. The second-order valence-corrected chi connectivity index (χ2v) is 4.07. The van der Waals surface area contributed by atoms with E-state index < -0.39 is 0 Å². The van der Waals surface area contributed by atoms with Gasteiger partial charge in [0.2, 0.25) is 0 Å². The Morgan fingerprint density at radius 2 is 2.06 bits per heavy atom. The van der Waals surface area contributed by atoms with E-state index in [9.17, 15) is 0 Å². The summed E-state index contributed by atoms with van der Waals surface area (Å²) in [6.45, 7) is 6.80. The highest BCUT2D eigenvalue weighted by Crippen LogP contribution is 2.16. The van der Waals surface area contributed by atoms with Gasteiger partial charge in [0.25, 0.3) is 0 Å². The molecule has 92 valence electrons. The van der Waals surface area contributed by atoms with Gasteiger partial charge < -0.3 is 9.30 Å². The van der Waals surface area contributed by atoms with Crippen molar-refractivity contribution in [1.82, 2.24) is 9.55 Å². The molecule has 1 aromatic carbocycles. The molecular formula is C14H20N2O. The highest BCUT2D eigenvalue weighted by Gasteiger charge is 2.07. The summed E-state index contributed by atoms with van der Waals surface area (Å²) in [6, 6.07) is 8.33. The minimum atomic E-state index is 0.797. The first kappa shape index (κ1) is 12.1. The van der Waals surface area contributed by atoms with Gasteiger partial charge in [-0.2, -0.15) is 0 Å². The normalized spacial score (nSPS) is 11.2. The highest BCUT2D eigenvalue weighted by atomic mass is 16.5. The van der Waals surface area contributed by atoms with E-state index in [0.29, 0.717) is 0 Å². The molecule has 3 heteroatoms. The lowest BCUT2D eigenvalue weighted by molar-refractivity contribution is 0.141. The number of hydrogen-bond acceptors (Lipinski definition) is 2. The van der Waals surface area contributed by atoms with E-state index >= 15 is 0 Å². The molecule has 0 amide bonds. The quantitative estimate of drug-likeness (QED) is 0.716. The average molecular weight is 232 g/mol. The van der Waals surface area contributed by atoms with Crippen LogP contribution >= 0.6 is 0 Å². The van der Waals surface area contributed by atoms with Crippen LogP contribution in [0.1, 0.15) is 26.1 Å². The van der Waals surface area contributed by atoms with E-state index in [0.717, 1.165) is 38.1 Å². The molecule has 0 aliphatic rings. The monoisotopic (exact) mass is 232 g/mol. The molecule has 0 aliphatic heterocycles. The van der Waals surface area contributed by atoms with Gasteiger partial charge in [0.15, 0.2) is 0 Å². The van der Waals surface area contributed by atoms with Gasteiger partial charge >= 0.3 is 0 Å². The summed E-state index contributed by atoms with van der Waals surface area (Å²) in [5.41, 5.74) is 2.33. The number of benzene rings is 1. The average Bonchev–Trinajstić information content (AvgIpc) is 2.73. The van der Waals surface area contributed by atoms with Crippen molar-refractivity contribution in [3.63, 3.8) is 0 Å². The molecule has 1 heterocycles. The van der Waals surface area contributed by atoms with Crippen LogP contribution in [0.25, 0.3) is 11.0 Å². The summed E-state index contributed by atoms with van der Waals surface area (Å²) in [7, 11) is 0. The van der Waals surface area contributed by atoms with Crippen molar-refractivity contribution in [2.75, 3.05) is 13.2 Å². The van der Waals surface area contributed by atoms with Gasteiger partial charge in [-0.15, -0.1) is 0 Å². The second-order valence-electron chi connectivity index (χ2n) is 4.07. The molecule has 0 saturated heterocycles. The number of rotatable bonds is 6. The number of para-hydroxylation sites is 2. The minimum absolute atomic E-state index is 0.797. The predicted octanol–water partition coefficient (Wildman–Crippen LogP) is 3.03. The second kappa shape index (κ2) is 5.82. The lowest BCUT2D eigenvalue weighted by atomic mass is 10.3. The molecular weight excluding hydrogens is 212 g/mol. The van der Waals surface area contributed by atoms with E-state index in [2.05, 4.69) is 34.7 Å². The molecule has 0 N–H and O–H groups in total. The van der Waals surface area contributed by atoms with Crippen LogP contribution in [0.5, 0.6) is 0 Å². The Morgan fingerprint density at radius 1 is 1.24 bits per heavy atom. The molecule has 2 aromatic rings. The molecule has 2 rings (SSSR count). The molecule has 0 atom stereocenters. The van der Waals surface area contributed by atoms with Gasteiger partial charge in [0.05, 0.1) is 11.0 Å². The van der Waals surface area contributed by atoms with Gasteiger partial charge in [-0.1, -0.05) is 19.1 Å². The largest absolute Gasteiger partial charge is 0.382 e. The molecule has 1 aromatic heterocycles. The number of fused-ring (bicyclic) bond motifs is 1. The Hall–Kier alpha value is -1.35. The van der Waals surface area contributed by atoms with Crippen LogP contribution in [0.2, 0.25) is 0 Å². The van der Waals surface area contributed by atoms with Crippen LogP contribution in [0, 0.1) is 0 Å². The molecule has 3 nitrogen and oxygen atoms in total. The summed E-state index contributed by atoms with van der Waals surface area (Å²) < 4.78 is 7.70. The van der Waals surface area contributed by atoms with Crippen LogP contribution in [0.15, 0.2) is 24.3 Å². The third kappa shape index (κ3) is 2.67. The van der Waals surface area contributed by atoms with Crippen LogP contribution in [-0.2, 0) is 17.7 Å². The smallest absolute Gasteiger partial charge is 0.109 e. The lowest BCUT2D eigenvalue weighted by Gasteiger charge is -2.07. The van der Waals surface area contributed by atoms with E-state index in [1.165, 1.54) is 11.3 Å². The van der Waals surface area contributed by atoms with E-state index in [1.807, 2.05) is 13.0 Å². The van der Waals surface area contributed by atoms with E-state index in [-0.39, 0.29) is 0 Å². The Bertz CT molecular complexity index is 476. The summed E-state index contributed by atoms with van der Waals surface area (Å²) in [6.07, 6.45) is 2.02. The van der Waals surface area contributed by atoms with Crippen molar-refractivity contribution in [2.24, 2.45) is 0 Å². The van der Waals surface area contributed by atoms with Gasteiger partial charge in [-0.25, -0.2) is 4.98 Å². The Morgan fingerprint density at radius 3 is 2.82 bits per heavy atom. The maximum atomic E-state index is 5.38. The fraction of sp³-hybridized carbons (Fsp3) is 0.500. The van der Waals surface area contributed by atoms with Gasteiger partial charge in [0, 0.05) is 26.2 Å². The third-order valence-corrected chi connectivity index (χ3v) is 2.92. The zero-order valence-corrected chi connectivity index (χ0v) is 10.6. The van der Waals surface area contributed by atoms with Gasteiger partial charge in [0.1, 0.15) is 5.82 Å². The van der Waals surface area contributed by atoms with Crippen LogP contribution in [0.4, 0.5) is 0 Å². The molecule has 0 aliphatic carbocycles. The number of aromatic nitrogens is 2. The minimum Gasteiger partial charge on any atom is -0.382 e. The topological polar surface area (TPSA) is 27.1 Å². The predicted molar refractivity (Wildman–Crippen MR) is 70.2 cm³/mol. The fourth-order valence-corrected chi connectivity index (χ4v) is 2.11. The molecule has 0 spiro atoms. The van der Waals surface area contributed by atoms with Crippen LogP contribution in [-0.4, -0.2) is 22.8 Å². The molecule has 0 radical (unpaired) electrons. The third-order valence-electron chi connectivity index (χ3n) is 2.92. The summed E-state index contributed by atoms with van der Waals surface area (Å²) in [4.78, 5) is 4.65. The Balaban J connectivity index is 2.18. The molecule has 0 bridgehead atoms. The summed E-state index contributed by atoms with van der Waals surface area (Å²) in [5.74, 6) is 1.17. The highest BCUT2D eigenvalue weighted by molar-refractivity contribution is 5.75. The van der Waals surface area contributed by atoms with Crippen LogP contribution < -0.4 is 0 Å². The van der Waals surface area contributed by atoms with Crippen LogP contribution in [0.3, 0.4) is 0 Å². The van der Waals surface area contributed by atoms with Crippen molar-refractivity contribution in [3.8, 4) is 0 Å². The van der Waals surface area contributed by atoms with Crippen molar-refractivity contribution in [1.29, 1.82) is 0 Å². The molecule has 17 heavy (non-hydrogen) atoms. The Labute approximate surface area is 102 Å². The van der Waals surface area contributed by atoms with E-state index in [1.54, 1.807) is 0 Å². The lowest BCUT2D eigenvalue weighted by Crippen LogP contribution is -2.06. The first-order valence-electron chi connectivity index (χ1n) is 6.38. The van der Waals surface area contributed by atoms with E-state index in [4.69, 9.17) is 4.74 Å². The number of nitrogens with zero attached hydrogens (tertiary/aromatic N) is 2. The first-order chi connectivity index (χ1) is 8.36. The fourth-order valence-electron chi connectivity index (χ4n) is 2.11. The summed E-state index contributed by atoms with van der Waals surface area (Å²) in [5, 5.41) is 0. The van der Waals surface area contributed by atoms with Gasteiger partial charge in [-0.05, 0) is 25.5 Å². The Kier molecular flexibility index (Phi) is 4.15.